The number of aryl methyl sites for hydroxylation is 1. The molecule has 0 bridgehead atoms. The van der Waals surface area contributed by atoms with Gasteiger partial charge in [-0.1, -0.05) is 13.8 Å². The second-order valence-corrected chi connectivity index (χ2v) is 4.75. The minimum absolute atomic E-state index is 0.666. The summed E-state index contributed by atoms with van der Waals surface area (Å²) in [5.74, 6) is 2.21. The van der Waals surface area contributed by atoms with Crippen LogP contribution in [0.2, 0.25) is 0 Å². The quantitative estimate of drug-likeness (QED) is 0.695. The maximum Gasteiger partial charge on any atom is 0.224 e. The molecule has 18 heavy (non-hydrogen) atoms. The first kappa shape index (κ1) is 14.7. The van der Waals surface area contributed by atoms with Gasteiger partial charge in [0.15, 0.2) is 0 Å². The minimum Gasteiger partial charge on any atom is -0.383 e. The third-order valence-corrected chi connectivity index (χ3v) is 2.47. The van der Waals surface area contributed by atoms with Gasteiger partial charge >= 0.3 is 0 Å². The number of nitrogens with one attached hydrogen (secondary N) is 2. The molecule has 1 aromatic rings. The van der Waals surface area contributed by atoms with Crippen molar-refractivity contribution in [3.8, 4) is 0 Å². The Labute approximate surface area is 109 Å². The van der Waals surface area contributed by atoms with Crippen molar-refractivity contribution in [2.75, 3.05) is 37.4 Å². The smallest absolute Gasteiger partial charge is 0.224 e. The van der Waals surface area contributed by atoms with Crippen molar-refractivity contribution in [3.05, 3.63) is 11.8 Å². The van der Waals surface area contributed by atoms with E-state index in [1.165, 1.54) is 0 Å². The number of anilines is 2. The highest BCUT2D eigenvalue weighted by molar-refractivity contribution is 5.42. The van der Waals surface area contributed by atoms with Crippen molar-refractivity contribution in [1.82, 2.24) is 9.97 Å². The van der Waals surface area contributed by atoms with E-state index < -0.39 is 0 Å². The van der Waals surface area contributed by atoms with Gasteiger partial charge in [-0.15, -0.1) is 0 Å². The zero-order valence-electron chi connectivity index (χ0n) is 11.8. The fourth-order valence-electron chi connectivity index (χ4n) is 1.49. The standard InChI is InChI=1S/C13H24N4O/c1-10(2)5-6-15-13-16-11(3)9-12(17-13)14-7-8-18-4/h9-10H,5-8H2,1-4H3,(H2,14,15,16,17). The Kier molecular flexibility index (Phi) is 6.43. The first-order valence-electron chi connectivity index (χ1n) is 6.44. The van der Waals surface area contributed by atoms with Crippen molar-refractivity contribution in [2.24, 2.45) is 5.92 Å². The summed E-state index contributed by atoms with van der Waals surface area (Å²) in [6.07, 6.45) is 1.11. The van der Waals surface area contributed by atoms with Crippen LogP contribution in [-0.4, -0.2) is 36.8 Å². The van der Waals surface area contributed by atoms with Crippen LogP contribution in [0.15, 0.2) is 6.07 Å². The molecule has 0 aliphatic rings. The average Bonchev–Trinajstić information content (AvgIpc) is 2.28. The highest BCUT2D eigenvalue weighted by Crippen LogP contribution is 2.10. The summed E-state index contributed by atoms with van der Waals surface area (Å²) in [7, 11) is 1.69. The molecule has 0 saturated carbocycles. The first-order valence-corrected chi connectivity index (χ1v) is 6.44. The molecule has 1 rings (SSSR count). The lowest BCUT2D eigenvalue weighted by atomic mass is 10.1. The van der Waals surface area contributed by atoms with Crippen molar-refractivity contribution >= 4 is 11.8 Å². The SMILES string of the molecule is COCCNc1cc(C)nc(NCCC(C)C)n1. The Morgan fingerprint density at radius 2 is 2.00 bits per heavy atom. The number of nitrogens with zero attached hydrogens (tertiary/aromatic N) is 2. The molecule has 0 aromatic carbocycles. The van der Waals surface area contributed by atoms with Gasteiger partial charge in [0, 0.05) is 32.0 Å². The average molecular weight is 252 g/mol. The van der Waals surface area contributed by atoms with Gasteiger partial charge in [0.05, 0.1) is 6.61 Å². The summed E-state index contributed by atoms with van der Waals surface area (Å²) in [5.41, 5.74) is 0.956. The van der Waals surface area contributed by atoms with E-state index in [2.05, 4.69) is 34.4 Å². The van der Waals surface area contributed by atoms with Crippen molar-refractivity contribution in [2.45, 2.75) is 27.2 Å². The highest BCUT2D eigenvalue weighted by Gasteiger charge is 2.02. The van der Waals surface area contributed by atoms with Crippen LogP contribution in [-0.2, 0) is 4.74 Å². The molecule has 0 fully saturated rings. The van der Waals surface area contributed by atoms with Crippen LogP contribution < -0.4 is 10.6 Å². The normalized spacial score (nSPS) is 10.7. The zero-order chi connectivity index (χ0) is 13.4. The Morgan fingerprint density at radius 3 is 2.67 bits per heavy atom. The molecule has 0 aliphatic heterocycles. The lowest BCUT2D eigenvalue weighted by Gasteiger charge is -2.10. The number of hydrogen-bond donors (Lipinski definition) is 2. The van der Waals surface area contributed by atoms with E-state index in [1.807, 2.05) is 13.0 Å². The van der Waals surface area contributed by atoms with E-state index in [4.69, 9.17) is 4.74 Å². The van der Waals surface area contributed by atoms with E-state index in [9.17, 15) is 0 Å². The molecule has 0 unspecified atom stereocenters. The fraction of sp³-hybridized carbons (Fsp3) is 0.692. The second kappa shape index (κ2) is 7.87. The van der Waals surface area contributed by atoms with E-state index in [0.717, 1.165) is 31.0 Å². The number of aromatic nitrogens is 2. The maximum absolute atomic E-state index is 4.99. The molecule has 0 atom stereocenters. The topological polar surface area (TPSA) is 59.1 Å². The fourth-order valence-corrected chi connectivity index (χ4v) is 1.49. The summed E-state index contributed by atoms with van der Waals surface area (Å²) in [4.78, 5) is 8.78. The Bertz CT molecular complexity index is 355. The van der Waals surface area contributed by atoms with Crippen LogP contribution in [0.1, 0.15) is 26.0 Å². The number of ether oxygens (including phenoxy) is 1. The molecule has 0 saturated heterocycles. The molecular weight excluding hydrogens is 228 g/mol. The van der Waals surface area contributed by atoms with Gasteiger partial charge < -0.3 is 15.4 Å². The Hall–Kier alpha value is -1.36. The van der Waals surface area contributed by atoms with Crippen LogP contribution in [0, 0.1) is 12.8 Å². The first-order chi connectivity index (χ1) is 8.61. The van der Waals surface area contributed by atoms with Gasteiger partial charge in [0.2, 0.25) is 5.95 Å². The summed E-state index contributed by atoms with van der Waals surface area (Å²) >= 11 is 0. The van der Waals surface area contributed by atoms with Crippen LogP contribution in [0.5, 0.6) is 0 Å². The molecule has 1 heterocycles. The minimum atomic E-state index is 0.666. The molecule has 5 heteroatoms. The monoisotopic (exact) mass is 252 g/mol. The summed E-state index contributed by atoms with van der Waals surface area (Å²) in [6, 6.07) is 1.93. The molecule has 102 valence electrons. The molecule has 0 aliphatic carbocycles. The molecule has 2 N–H and O–H groups in total. The molecule has 0 spiro atoms. The number of hydrogen-bond acceptors (Lipinski definition) is 5. The van der Waals surface area contributed by atoms with Gasteiger partial charge in [-0.2, -0.15) is 4.98 Å². The number of methoxy groups -OCH3 is 1. The largest absolute Gasteiger partial charge is 0.383 e. The van der Waals surface area contributed by atoms with E-state index in [-0.39, 0.29) is 0 Å². The number of rotatable bonds is 8. The van der Waals surface area contributed by atoms with Crippen molar-refractivity contribution in [1.29, 1.82) is 0 Å². The van der Waals surface area contributed by atoms with Gasteiger partial charge in [-0.05, 0) is 19.3 Å². The maximum atomic E-state index is 4.99. The highest BCUT2D eigenvalue weighted by atomic mass is 16.5. The third-order valence-electron chi connectivity index (χ3n) is 2.47. The van der Waals surface area contributed by atoms with Crippen molar-refractivity contribution in [3.63, 3.8) is 0 Å². The molecule has 0 amide bonds. The van der Waals surface area contributed by atoms with Crippen LogP contribution in [0.4, 0.5) is 11.8 Å². The van der Waals surface area contributed by atoms with Crippen LogP contribution >= 0.6 is 0 Å². The molecular formula is C13H24N4O. The Balaban J connectivity index is 2.51. The van der Waals surface area contributed by atoms with E-state index in [1.54, 1.807) is 7.11 Å². The van der Waals surface area contributed by atoms with Gasteiger partial charge in [-0.3, -0.25) is 0 Å². The molecule has 1 aromatic heterocycles. The third kappa shape index (κ3) is 5.82. The van der Waals surface area contributed by atoms with Crippen LogP contribution in [0.3, 0.4) is 0 Å². The van der Waals surface area contributed by atoms with Gasteiger partial charge in [-0.25, -0.2) is 4.98 Å². The van der Waals surface area contributed by atoms with Crippen molar-refractivity contribution < 1.29 is 4.74 Å². The Morgan fingerprint density at radius 1 is 1.22 bits per heavy atom. The molecule has 0 radical (unpaired) electrons. The summed E-state index contributed by atoms with van der Waals surface area (Å²) < 4.78 is 4.99. The summed E-state index contributed by atoms with van der Waals surface area (Å²) in [5, 5.41) is 6.46. The summed E-state index contributed by atoms with van der Waals surface area (Å²) in [6.45, 7) is 8.69. The predicted octanol–water partition coefficient (Wildman–Crippen LogP) is 2.30. The van der Waals surface area contributed by atoms with Gasteiger partial charge in [0.1, 0.15) is 5.82 Å². The predicted molar refractivity (Wildman–Crippen MR) is 75.1 cm³/mol. The molecule has 5 nitrogen and oxygen atoms in total. The van der Waals surface area contributed by atoms with E-state index in [0.29, 0.717) is 18.5 Å². The van der Waals surface area contributed by atoms with Crippen LogP contribution in [0.25, 0.3) is 0 Å². The zero-order valence-corrected chi connectivity index (χ0v) is 11.8. The lowest BCUT2D eigenvalue weighted by molar-refractivity contribution is 0.210. The van der Waals surface area contributed by atoms with E-state index >= 15 is 0 Å². The van der Waals surface area contributed by atoms with Gasteiger partial charge in [0.25, 0.3) is 0 Å². The second-order valence-electron chi connectivity index (χ2n) is 4.75. The lowest BCUT2D eigenvalue weighted by Crippen LogP contribution is -2.12.